The summed E-state index contributed by atoms with van der Waals surface area (Å²) in [6.45, 7) is 8.55. The summed E-state index contributed by atoms with van der Waals surface area (Å²) < 4.78 is 10.5. The van der Waals surface area contributed by atoms with Crippen molar-refractivity contribution in [3.8, 4) is 0 Å². The van der Waals surface area contributed by atoms with Gasteiger partial charge in [-0.1, -0.05) is 67.5 Å². The highest BCUT2D eigenvalue weighted by molar-refractivity contribution is 8.76. The summed E-state index contributed by atoms with van der Waals surface area (Å²) in [4.78, 5) is 12.8. The van der Waals surface area contributed by atoms with Crippen LogP contribution in [0.5, 0.6) is 0 Å². The second-order valence-electron chi connectivity index (χ2n) is 5.39. The van der Waals surface area contributed by atoms with Crippen LogP contribution in [-0.4, -0.2) is 24.6 Å². The summed E-state index contributed by atoms with van der Waals surface area (Å²) in [6.07, 6.45) is -0.656. The van der Waals surface area contributed by atoms with Gasteiger partial charge in [-0.15, -0.1) is 0 Å². The van der Waals surface area contributed by atoms with Crippen molar-refractivity contribution in [1.29, 1.82) is 0 Å². The highest BCUT2D eigenvalue weighted by Crippen LogP contribution is 2.30. The van der Waals surface area contributed by atoms with Crippen molar-refractivity contribution in [3.05, 3.63) is 30.3 Å². The van der Waals surface area contributed by atoms with E-state index in [1.165, 1.54) is 4.90 Å². The Labute approximate surface area is 135 Å². The molecule has 0 fully saturated rings. The van der Waals surface area contributed by atoms with Gasteiger partial charge < -0.3 is 9.47 Å². The van der Waals surface area contributed by atoms with Gasteiger partial charge in [-0.25, -0.2) is 4.79 Å². The Kier molecular flexibility index (Phi) is 8.69. The van der Waals surface area contributed by atoms with E-state index in [1.807, 2.05) is 45.9 Å². The van der Waals surface area contributed by atoms with Gasteiger partial charge in [0, 0.05) is 10.6 Å². The number of carbonyl (C=O) groups excluding carboxylic acids is 1. The fourth-order valence-corrected chi connectivity index (χ4v) is 3.77. The molecule has 21 heavy (non-hydrogen) atoms. The van der Waals surface area contributed by atoms with Gasteiger partial charge >= 0.3 is 6.16 Å². The summed E-state index contributed by atoms with van der Waals surface area (Å²) in [5, 5.41) is 0. The number of hydrogen-bond donors (Lipinski definition) is 0. The van der Waals surface area contributed by atoms with Crippen molar-refractivity contribution < 1.29 is 14.3 Å². The fourth-order valence-electron chi connectivity index (χ4n) is 1.93. The summed E-state index contributed by atoms with van der Waals surface area (Å²) in [5.41, 5.74) is 0. The number of benzene rings is 1. The Bertz CT molecular complexity index is 399. The molecule has 0 N–H and O–H groups in total. The molecular weight excluding hydrogens is 304 g/mol. The van der Waals surface area contributed by atoms with E-state index in [0.717, 1.165) is 5.75 Å². The maximum atomic E-state index is 11.6. The molecule has 0 aliphatic heterocycles. The molecule has 0 spiro atoms. The summed E-state index contributed by atoms with van der Waals surface area (Å²) in [6, 6.07) is 10.1. The van der Waals surface area contributed by atoms with Gasteiger partial charge in [-0.05, 0) is 24.0 Å². The van der Waals surface area contributed by atoms with E-state index in [4.69, 9.17) is 9.47 Å². The third-order valence-corrected chi connectivity index (χ3v) is 5.18. The Morgan fingerprint density at radius 1 is 1.10 bits per heavy atom. The Balaban J connectivity index is 2.16. The lowest BCUT2D eigenvalue weighted by Crippen LogP contribution is -2.29. The third-order valence-electron chi connectivity index (χ3n) is 2.83. The molecule has 5 heteroatoms. The van der Waals surface area contributed by atoms with E-state index >= 15 is 0 Å². The van der Waals surface area contributed by atoms with Crippen LogP contribution in [0.25, 0.3) is 0 Å². The van der Waals surface area contributed by atoms with E-state index in [9.17, 15) is 4.79 Å². The molecule has 118 valence electrons. The van der Waals surface area contributed by atoms with E-state index in [0.29, 0.717) is 18.4 Å². The molecule has 3 nitrogen and oxygen atoms in total. The predicted molar refractivity (Wildman–Crippen MR) is 90.7 cm³/mol. The van der Waals surface area contributed by atoms with Gasteiger partial charge in [0.05, 0.1) is 0 Å². The maximum Gasteiger partial charge on any atom is 0.508 e. The Morgan fingerprint density at radius 3 is 2.29 bits per heavy atom. The molecule has 1 rings (SSSR count). The average Bonchev–Trinajstić information content (AvgIpc) is 2.45. The van der Waals surface area contributed by atoms with Crippen LogP contribution in [0.2, 0.25) is 0 Å². The topological polar surface area (TPSA) is 35.5 Å². The van der Waals surface area contributed by atoms with E-state index < -0.39 is 6.16 Å². The van der Waals surface area contributed by atoms with Crippen molar-refractivity contribution in [2.75, 3.05) is 12.4 Å². The minimum absolute atomic E-state index is 0.0937. The summed E-state index contributed by atoms with van der Waals surface area (Å²) in [7, 11) is 3.34. The van der Waals surface area contributed by atoms with Crippen molar-refractivity contribution in [2.24, 2.45) is 11.8 Å². The highest BCUT2D eigenvalue weighted by Gasteiger charge is 2.22. The van der Waals surface area contributed by atoms with Crippen LogP contribution in [-0.2, 0) is 9.47 Å². The van der Waals surface area contributed by atoms with Crippen molar-refractivity contribution in [2.45, 2.75) is 38.7 Å². The standard InChI is InChI=1S/C16H24O3S2/c1-12(2)15(13(3)4)19-16(17)18-10-11-20-21-14-8-6-5-7-9-14/h5-9,12-13,15H,10-11H2,1-4H3. The zero-order valence-corrected chi connectivity index (χ0v) is 14.7. The van der Waals surface area contributed by atoms with E-state index in [2.05, 4.69) is 12.1 Å². The molecular formula is C16H24O3S2. The van der Waals surface area contributed by atoms with Gasteiger partial charge in [0.1, 0.15) is 12.7 Å². The summed E-state index contributed by atoms with van der Waals surface area (Å²) >= 11 is 0. The van der Waals surface area contributed by atoms with Crippen LogP contribution in [0, 0.1) is 11.8 Å². The molecule has 0 saturated heterocycles. The first-order valence-electron chi connectivity index (χ1n) is 7.18. The van der Waals surface area contributed by atoms with Crippen molar-refractivity contribution in [3.63, 3.8) is 0 Å². The molecule has 0 aliphatic rings. The fraction of sp³-hybridized carbons (Fsp3) is 0.562. The molecule has 0 aliphatic carbocycles. The molecule has 0 amide bonds. The van der Waals surface area contributed by atoms with Crippen LogP contribution >= 0.6 is 21.6 Å². The van der Waals surface area contributed by atoms with Crippen LogP contribution < -0.4 is 0 Å². The molecule has 1 aromatic carbocycles. The zero-order valence-electron chi connectivity index (χ0n) is 13.1. The summed E-state index contributed by atoms with van der Waals surface area (Å²) in [5.74, 6) is 1.32. The Hall–Kier alpha value is -0.810. The second-order valence-corrected chi connectivity index (χ2v) is 7.88. The Morgan fingerprint density at radius 2 is 1.71 bits per heavy atom. The lowest BCUT2D eigenvalue weighted by Gasteiger charge is -2.24. The van der Waals surface area contributed by atoms with Gasteiger partial charge in [-0.3, -0.25) is 0 Å². The SMILES string of the molecule is CC(C)C(OC(=O)OCCSSc1ccccc1)C(C)C. The van der Waals surface area contributed by atoms with Crippen molar-refractivity contribution >= 4 is 27.7 Å². The lowest BCUT2D eigenvalue weighted by atomic mass is 9.96. The predicted octanol–water partition coefficient (Wildman–Crippen LogP) is 5.26. The quantitative estimate of drug-likeness (QED) is 0.369. The van der Waals surface area contributed by atoms with Gasteiger partial charge in [0.15, 0.2) is 0 Å². The molecule has 0 bridgehead atoms. The monoisotopic (exact) mass is 328 g/mol. The third kappa shape index (κ3) is 7.67. The first kappa shape index (κ1) is 18.2. The molecule has 0 atom stereocenters. The zero-order chi connectivity index (χ0) is 15.7. The highest BCUT2D eigenvalue weighted by atomic mass is 33.1. The van der Waals surface area contributed by atoms with Crippen LogP contribution in [0.1, 0.15) is 27.7 Å². The molecule has 1 aromatic rings. The van der Waals surface area contributed by atoms with E-state index in [-0.39, 0.29) is 6.10 Å². The molecule has 0 heterocycles. The second kappa shape index (κ2) is 10.0. The van der Waals surface area contributed by atoms with Crippen LogP contribution in [0.15, 0.2) is 35.2 Å². The number of hydrogen-bond acceptors (Lipinski definition) is 5. The first-order chi connectivity index (χ1) is 10.0. The minimum Gasteiger partial charge on any atom is -0.433 e. The normalized spacial score (nSPS) is 11.2. The van der Waals surface area contributed by atoms with Gasteiger partial charge in [-0.2, -0.15) is 0 Å². The number of rotatable bonds is 8. The molecule has 0 unspecified atom stereocenters. The van der Waals surface area contributed by atoms with Crippen LogP contribution in [0.3, 0.4) is 0 Å². The number of ether oxygens (including phenoxy) is 2. The largest absolute Gasteiger partial charge is 0.508 e. The smallest absolute Gasteiger partial charge is 0.433 e. The average molecular weight is 328 g/mol. The van der Waals surface area contributed by atoms with Crippen molar-refractivity contribution in [1.82, 2.24) is 0 Å². The molecule has 0 aromatic heterocycles. The van der Waals surface area contributed by atoms with Crippen LogP contribution in [0.4, 0.5) is 4.79 Å². The number of carbonyl (C=O) groups is 1. The first-order valence-corrected chi connectivity index (χ1v) is 9.50. The minimum atomic E-state index is -0.562. The van der Waals surface area contributed by atoms with E-state index in [1.54, 1.807) is 21.6 Å². The lowest BCUT2D eigenvalue weighted by molar-refractivity contribution is -0.00810. The maximum absolute atomic E-state index is 11.6. The molecule has 0 saturated carbocycles. The van der Waals surface area contributed by atoms with Gasteiger partial charge in [0.25, 0.3) is 0 Å². The molecule has 0 radical (unpaired) electrons. The van der Waals surface area contributed by atoms with Gasteiger partial charge in [0.2, 0.25) is 0 Å².